The molecule has 2 heteroatoms. The van der Waals surface area contributed by atoms with E-state index in [1.54, 1.807) is 0 Å². The highest BCUT2D eigenvalue weighted by Gasteiger charge is 2.08. The molecule has 0 atom stereocenters. The third kappa shape index (κ3) is 5.51. The Kier molecular flexibility index (Phi) is 3.30. The molecule has 0 aliphatic carbocycles. The van der Waals surface area contributed by atoms with Gasteiger partial charge in [0.25, 0.3) is 0 Å². The van der Waals surface area contributed by atoms with Crippen LogP contribution >= 0.6 is 0 Å². The van der Waals surface area contributed by atoms with E-state index in [1.165, 1.54) is 6.08 Å². The molecule has 0 bridgehead atoms. The quantitative estimate of drug-likeness (QED) is 0.597. The maximum absolute atomic E-state index is 10.7. The predicted molar refractivity (Wildman–Crippen MR) is 43.0 cm³/mol. The molecule has 0 spiro atoms. The fourth-order valence-electron chi connectivity index (χ4n) is 0.424. The molecule has 0 fully saturated rings. The molecule has 0 unspecified atom stereocenters. The number of nitrogens with one attached hydrogen (secondary N) is 1. The highest BCUT2D eigenvalue weighted by atomic mass is 16.1. The number of carbonyl (C=O) groups is 1. The zero-order chi connectivity index (χ0) is 8.20. The molecule has 0 aromatic rings. The summed E-state index contributed by atoms with van der Waals surface area (Å²) in [5, 5.41) is 3.05. The van der Waals surface area contributed by atoms with Crippen LogP contribution in [0.3, 0.4) is 0 Å². The van der Waals surface area contributed by atoms with Crippen LogP contribution in [-0.4, -0.2) is 17.9 Å². The maximum atomic E-state index is 10.7. The van der Waals surface area contributed by atoms with Crippen molar-refractivity contribution in [2.45, 2.75) is 26.3 Å². The summed E-state index contributed by atoms with van der Waals surface area (Å²) in [7, 11) is 0. The standard InChI is InChI=1S/C8H15NO/c1-5-7(10)6-9-8(2,3)4/h5,9H,1,6H2,2-4H3. The summed E-state index contributed by atoms with van der Waals surface area (Å²) in [6.07, 6.45) is 1.33. The highest BCUT2D eigenvalue weighted by molar-refractivity contribution is 5.90. The molecule has 58 valence electrons. The minimum absolute atomic E-state index is 0.0126. The van der Waals surface area contributed by atoms with E-state index in [9.17, 15) is 4.79 Å². The van der Waals surface area contributed by atoms with Crippen LogP contribution < -0.4 is 5.32 Å². The first kappa shape index (κ1) is 9.37. The summed E-state index contributed by atoms with van der Waals surface area (Å²) >= 11 is 0. The average Bonchev–Trinajstić information content (AvgIpc) is 1.81. The number of carbonyl (C=O) groups excluding carboxylic acids is 1. The summed E-state index contributed by atoms with van der Waals surface area (Å²) in [6.45, 7) is 9.81. The summed E-state index contributed by atoms with van der Waals surface area (Å²) in [5.74, 6) is 0.0370. The fraction of sp³-hybridized carbons (Fsp3) is 0.625. The normalized spacial score (nSPS) is 11.1. The molecule has 0 aliphatic rings. The van der Waals surface area contributed by atoms with Crippen LogP contribution in [0.1, 0.15) is 20.8 Å². The summed E-state index contributed by atoms with van der Waals surface area (Å²) in [4.78, 5) is 10.7. The van der Waals surface area contributed by atoms with Gasteiger partial charge < -0.3 is 5.32 Å². The summed E-state index contributed by atoms with van der Waals surface area (Å²) < 4.78 is 0. The molecular formula is C8H15NO. The van der Waals surface area contributed by atoms with Gasteiger partial charge in [-0.05, 0) is 26.8 Å². The second kappa shape index (κ2) is 3.52. The van der Waals surface area contributed by atoms with Crippen molar-refractivity contribution >= 4 is 5.78 Å². The molecule has 0 rings (SSSR count). The Morgan fingerprint density at radius 3 is 2.40 bits per heavy atom. The molecule has 0 heterocycles. The van der Waals surface area contributed by atoms with E-state index in [1.807, 2.05) is 20.8 Å². The van der Waals surface area contributed by atoms with Crippen molar-refractivity contribution in [2.75, 3.05) is 6.54 Å². The lowest BCUT2D eigenvalue weighted by Crippen LogP contribution is -2.38. The lowest BCUT2D eigenvalue weighted by molar-refractivity contribution is -0.114. The van der Waals surface area contributed by atoms with Crippen LogP contribution in [-0.2, 0) is 4.79 Å². The first-order chi connectivity index (χ1) is 4.45. The van der Waals surface area contributed by atoms with Gasteiger partial charge in [0.1, 0.15) is 0 Å². The zero-order valence-electron chi connectivity index (χ0n) is 6.90. The van der Waals surface area contributed by atoms with Gasteiger partial charge in [-0.25, -0.2) is 0 Å². The van der Waals surface area contributed by atoms with Crippen molar-refractivity contribution in [1.29, 1.82) is 0 Å². The van der Waals surface area contributed by atoms with Gasteiger partial charge >= 0.3 is 0 Å². The largest absolute Gasteiger partial charge is 0.305 e. The predicted octanol–water partition coefficient (Wildman–Crippen LogP) is 1.13. The monoisotopic (exact) mass is 141 g/mol. The van der Waals surface area contributed by atoms with Crippen molar-refractivity contribution in [3.05, 3.63) is 12.7 Å². The highest BCUT2D eigenvalue weighted by Crippen LogP contribution is 1.96. The van der Waals surface area contributed by atoms with E-state index in [2.05, 4.69) is 11.9 Å². The van der Waals surface area contributed by atoms with Crippen molar-refractivity contribution in [3.63, 3.8) is 0 Å². The van der Waals surface area contributed by atoms with Gasteiger partial charge in [0.05, 0.1) is 6.54 Å². The van der Waals surface area contributed by atoms with Crippen LogP contribution in [0.25, 0.3) is 0 Å². The first-order valence-electron chi connectivity index (χ1n) is 3.36. The first-order valence-corrected chi connectivity index (χ1v) is 3.36. The van der Waals surface area contributed by atoms with Crippen molar-refractivity contribution in [3.8, 4) is 0 Å². The topological polar surface area (TPSA) is 29.1 Å². The molecule has 0 saturated carbocycles. The smallest absolute Gasteiger partial charge is 0.168 e. The third-order valence-corrected chi connectivity index (χ3v) is 1.02. The van der Waals surface area contributed by atoms with Crippen LogP contribution in [0.2, 0.25) is 0 Å². The molecular weight excluding hydrogens is 126 g/mol. The number of ketones is 1. The van der Waals surface area contributed by atoms with Gasteiger partial charge in [-0.15, -0.1) is 0 Å². The van der Waals surface area contributed by atoms with Gasteiger partial charge in [0.2, 0.25) is 0 Å². The number of hydrogen-bond acceptors (Lipinski definition) is 2. The van der Waals surface area contributed by atoms with Gasteiger partial charge in [-0.3, -0.25) is 4.79 Å². The SMILES string of the molecule is C=CC(=O)CNC(C)(C)C. The lowest BCUT2D eigenvalue weighted by Gasteiger charge is -2.18. The van der Waals surface area contributed by atoms with Gasteiger partial charge in [-0.2, -0.15) is 0 Å². The van der Waals surface area contributed by atoms with Crippen LogP contribution in [0.5, 0.6) is 0 Å². The molecule has 1 N–H and O–H groups in total. The Labute approximate surface area is 62.3 Å². The molecule has 10 heavy (non-hydrogen) atoms. The van der Waals surface area contributed by atoms with Crippen molar-refractivity contribution < 1.29 is 4.79 Å². The van der Waals surface area contributed by atoms with E-state index in [-0.39, 0.29) is 11.3 Å². The van der Waals surface area contributed by atoms with E-state index in [0.29, 0.717) is 6.54 Å². The van der Waals surface area contributed by atoms with Gasteiger partial charge in [0, 0.05) is 5.54 Å². The van der Waals surface area contributed by atoms with Crippen molar-refractivity contribution in [1.82, 2.24) is 5.32 Å². The Hall–Kier alpha value is -0.630. The second-order valence-corrected chi connectivity index (χ2v) is 3.27. The fourth-order valence-corrected chi connectivity index (χ4v) is 0.424. The molecule has 0 amide bonds. The van der Waals surface area contributed by atoms with E-state index in [4.69, 9.17) is 0 Å². The Balaban J connectivity index is 3.55. The third-order valence-electron chi connectivity index (χ3n) is 1.02. The molecule has 0 saturated heterocycles. The molecule has 0 radical (unpaired) electrons. The Morgan fingerprint density at radius 1 is 1.60 bits per heavy atom. The lowest BCUT2D eigenvalue weighted by atomic mass is 10.1. The van der Waals surface area contributed by atoms with E-state index < -0.39 is 0 Å². The number of hydrogen-bond donors (Lipinski definition) is 1. The number of rotatable bonds is 3. The minimum Gasteiger partial charge on any atom is -0.305 e. The van der Waals surface area contributed by atoms with Crippen LogP contribution in [0.15, 0.2) is 12.7 Å². The van der Waals surface area contributed by atoms with Crippen LogP contribution in [0, 0.1) is 0 Å². The van der Waals surface area contributed by atoms with E-state index >= 15 is 0 Å². The average molecular weight is 141 g/mol. The van der Waals surface area contributed by atoms with Gasteiger partial charge in [-0.1, -0.05) is 6.58 Å². The minimum atomic E-state index is 0.0126. The zero-order valence-corrected chi connectivity index (χ0v) is 6.90. The summed E-state index contributed by atoms with van der Waals surface area (Å²) in [5.41, 5.74) is 0.0126. The van der Waals surface area contributed by atoms with Crippen molar-refractivity contribution in [2.24, 2.45) is 0 Å². The molecule has 0 aliphatic heterocycles. The Morgan fingerprint density at radius 2 is 2.10 bits per heavy atom. The van der Waals surface area contributed by atoms with Gasteiger partial charge in [0.15, 0.2) is 5.78 Å². The maximum Gasteiger partial charge on any atom is 0.168 e. The summed E-state index contributed by atoms with van der Waals surface area (Å²) in [6, 6.07) is 0. The molecule has 0 aromatic heterocycles. The Bertz CT molecular complexity index is 133. The molecule has 0 aromatic carbocycles. The van der Waals surface area contributed by atoms with E-state index in [0.717, 1.165) is 0 Å². The second-order valence-electron chi connectivity index (χ2n) is 3.27. The van der Waals surface area contributed by atoms with Crippen LogP contribution in [0.4, 0.5) is 0 Å². The molecule has 2 nitrogen and oxygen atoms in total.